The molecule has 170 valence electrons. The molecular formula is C27H27ClFN3O. The highest BCUT2D eigenvalue weighted by Crippen LogP contribution is 2.32. The van der Waals surface area contributed by atoms with Crippen LogP contribution in [0.5, 0.6) is 0 Å². The summed E-state index contributed by atoms with van der Waals surface area (Å²) in [6.45, 7) is 0.930. The van der Waals surface area contributed by atoms with E-state index >= 15 is 0 Å². The SMILES string of the molecule is Cl.Nn1c2c(c3cc(C(=O)c4ccc(F)cc4)ccc31)CC(NCCc1ccccc1)CC2. The second-order valence-electron chi connectivity index (χ2n) is 8.49. The fraction of sp³-hybridized carbons (Fsp3) is 0.222. The first-order valence-electron chi connectivity index (χ1n) is 11.1. The molecule has 0 saturated carbocycles. The second kappa shape index (κ2) is 9.77. The van der Waals surface area contributed by atoms with E-state index in [0.717, 1.165) is 48.8 Å². The lowest BCUT2D eigenvalue weighted by molar-refractivity contribution is 0.103. The van der Waals surface area contributed by atoms with Crippen LogP contribution in [-0.2, 0) is 19.3 Å². The lowest BCUT2D eigenvalue weighted by Gasteiger charge is -2.24. The van der Waals surface area contributed by atoms with Gasteiger partial charge in [0.05, 0.1) is 5.52 Å². The number of rotatable bonds is 6. The van der Waals surface area contributed by atoms with Crippen LogP contribution in [0.15, 0.2) is 72.8 Å². The van der Waals surface area contributed by atoms with Crippen molar-refractivity contribution in [2.45, 2.75) is 31.7 Å². The van der Waals surface area contributed by atoms with E-state index in [9.17, 15) is 9.18 Å². The maximum Gasteiger partial charge on any atom is 0.193 e. The molecule has 5 rings (SSSR count). The summed E-state index contributed by atoms with van der Waals surface area (Å²) in [6.07, 6.45) is 3.83. The Bertz CT molecular complexity index is 1270. The average Bonchev–Trinajstić information content (AvgIpc) is 3.11. The number of hydrogen-bond acceptors (Lipinski definition) is 3. The fourth-order valence-electron chi connectivity index (χ4n) is 4.74. The Morgan fingerprint density at radius 2 is 1.76 bits per heavy atom. The van der Waals surface area contributed by atoms with Crippen LogP contribution in [-0.4, -0.2) is 23.0 Å². The molecule has 1 heterocycles. The van der Waals surface area contributed by atoms with E-state index in [1.54, 1.807) is 10.7 Å². The van der Waals surface area contributed by atoms with Crippen LogP contribution in [0, 0.1) is 5.82 Å². The molecule has 6 heteroatoms. The van der Waals surface area contributed by atoms with Crippen LogP contribution in [0.2, 0.25) is 0 Å². The Morgan fingerprint density at radius 3 is 2.52 bits per heavy atom. The summed E-state index contributed by atoms with van der Waals surface area (Å²) in [4.78, 5) is 12.9. The molecule has 0 amide bonds. The lowest BCUT2D eigenvalue weighted by atomic mass is 9.90. The minimum absolute atomic E-state index is 0. The van der Waals surface area contributed by atoms with Gasteiger partial charge in [-0.15, -0.1) is 12.4 Å². The number of ketones is 1. The molecule has 0 spiro atoms. The molecule has 1 atom stereocenters. The lowest BCUT2D eigenvalue weighted by Crippen LogP contribution is -2.36. The van der Waals surface area contributed by atoms with Crippen LogP contribution in [0.1, 0.15) is 39.2 Å². The summed E-state index contributed by atoms with van der Waals surface area (Å²) in [7, 11) is 0. The van der Waals surface area contributed by atoms with Gasteiger partial charge in [-0.25, -0.2) is 4.39 Å². The van der Waals surface area contributed by atoms with Gasteiger partial charge < -0.3 is 11.2 Å². The molecular weight excluding hydrogens is 437 g/mol. The smallest absolute Gasteiger partial charge is 0.193 e. The van der Waals surface area contributed by atoms with Gasteiger partial charge in [-0.1, -0.05) is 30.3 Å². The molecule has 3 N–H and O–H groups in total. The van der Waals surface area contributed by atoms with E-state index in [4.69, 9.17) is 5.84 Å². The van der Waals surface area contributed by atoms with Crippen LogP contribution in [0.3, 0.4) is 0 Å². The Hall–Kier alpha value is -3.15. The Morgan fingerprint density at radius 1 is 1.03 bits per heavy atom. The van der Waals surface area contributed by atoms with Crippen LogP contribution < -0.4 is 11.2 Å². The van der Waals surface area contributed by atoms with Gasteiger partial charge >= 0.3 is 0 Å². The monoisotopic (exact) mass is 463 g/mol. The number of nitrogens with zero attached hydrogens (tertiary/aromatic N) is 1. The minimum Gasteiger partial charge on any atom is -0.339 e. The number of fused-ring (bicyclic) bond motifs is 3. The average molecular weight is 464 g/mol. The molecule has 1 aliphatic carbocycles. The number of nitrogens with two attached hydrogens (primary N) is 1. The molecule has 1 unspecified atom stereocenters. The molecule has 0 radical (unpaired) electrons. The Kier molecular flexibility index (Phi) is 6.82. The molecule has 0 aliphatic heterocycles. The number of carbonyl (C=O) groups is 1. The van der Waals surface area contributed by atoms with Gasteiger partial charge in [-0.05, 0) is 85.8 Å². The normalized spacial score (nSPS) is 15.1. The summed E-state index contributed by atoms with van der Waals surface area (Å²) >= 11 is 0. The van der Waals surface area contributed by atoms with Crippen molar-refractivity contribution in [3.8, 4) is 0 Å². The topological polar surface area (TPSA) is 60.0 Å². The number of nitrogen functional groups attached to an aromatic ring is 1. The van der Waals surface area contributed by atoms with Crippen molar-refractivity contribution < 1.29 is 9.18 Å². The highest BCUT2D eigenvalue weighted by molar-refractivity contribution is 6.10. The highest BCUT2D eigenvalue weighted by Gasteiger charge is 2.25. The van der Waals surface area contributed by atoms with Gasteiger partial charge in [0.2, 0.25) is 0 Å². The van der Waals surface area contributed by atoms with E-state index < -0.39 is 0 Å². The van der Waals surface area contributed by atoms with Gasteiger partial charge in [0.15, 0.2) is 5.78 Å². The maximum atomic E-state index is 13.2. The van der Waals surface area contributed by atoms with Crippen molar-refractivity contribution in [2.24, 2.45) is 0 Å². The molecule has 3 aromatic carbocycles. The molecule has 33 heavy (non-hydrogen) atoms. The molecule has 1 aliphatic rings. The number of aromatic nitrogens is 1. The summed E-state index contributed by atoms with van der Waals surface area (Å²) in [5, 5.41) is 4.73. The van der Waals surface area contributed by atoms with Gasteiger partial charge in [0, 0.05) is 28.2 Å². The zero-order valence-electron chi connectivity index (χ0n) is 18.3. The zero-order valence-corrected chi connectivity index (χ0v) is 19.1. The van der Waals surface area contributed by atoms with Gasteiger partial charge in [-0.3, -0.25) is 9.47 Å². The van der Waals surface area contributed by atoms with Crippen molar-refractivity contribution in [2.75, 3.05) is 12.4 Å². The van der Waals surface area contributed by atoms with Gasteiger partial charge in [-0.2, -0.15) is 0 Å². The van der Waals surface area contributed by atoms with Gasteiger partial charge in [0.25, 0.3) is 0 Å². The zero-order chi connectivity index (χ0) is 22.1. The molecule has 4 nitrogen and oxygen atoms in total. The Balaban J connectivity index is 0.00000259. The largest absolute Gasteiger partial charge is 0.339 e. The van der Waals surface area contributed by atoms with Crippen LogP contribution in [0.25, 0.3) is 10.9 Å². The minimum atomic E-state index is -0.350. The van der Waals surface area contributed by atoms with Crippen molar-refractivity contribution in [3.05, 3.63) is 107 Å². The van der Waals surface area contributed by atoms with E-state index in [0.29, 0.717) is 17.2 Å². The van der Waals surface area contributed by atoms with Crippen molar-refractivity contribution in [1.82, 2.24) is 9.99 Å². The second-order valence-corrected chi connectivity index (χ2v) is 8.49. The van der Waals surface area contributed by atoms with Crippen molar-refractivity contribution >= 4 is 29.1 Å². The predicted octanol–water partition coefficient (Wildman–Crippen LogP) is 4.84. The first-order chi connectivity index (χ1) is 15.6. The molecule has 0 bridgehead atoms. The van der Waals surface area contributed by atoms with E-state index in [-0.39, 0.29) is 24.0 Å². The number of benzene rings is 3. The van der Waals surface area contributed by atoms with Crippen molar-refractivity contribution in [1.29, 1.82) is 0 Å². The first kappa shape index (κ1) is 23.0. The third-order valence-corrected chi connectivity index (χ3v) is 6.46. The summed E-state index contributed by atoms with van der Waals surface area (Å²) in [6, 6.07) is 22.2. The number of nitrogens with one attached hydrogen (secondary N) is 1. The number of halogens is 2. The summed E-state index contributed by atoms with van der Waals surface area (Å²) in [5.74, 6) is 5.94. The Labute approximate surface area is 199 Å². The van der Waals surface area contributed by atoms with Gasteiger partial charge in [0.1, 0.15) is 5.82 Å². The summed E-state index contributed by atoms with van der Waals surface area (Å²) < 4.78 is 15.0. The highest BCUT2D eigenvalue weighted by atomic mass is 35.5. The third-order valence-electron chi connectivity index (χ3n) is 6.46. The number of hydrogen-bond donors (Lipinski definition) is 2. The van der Waals surface area contributed by atoms with Crippen molar-refractivity contribution in [3.63, 3.8) is 0 Å². The molecule has 4 aromatic rings. The standard InChI is InChI=1S/C27H26FN3O.ClH/c28-21-9-6-19(7-10-21)27(32)20-8-12-25-23(16-20)24-17-22(11-13-26(24)31(25)29)30-15-14-18-4-2-1-3-5-18;/h1-10,12,16,22,30H,11,13-15,17,29H2;1H. The molecule has 1 aromatic heterocycles. The predicted molar refractivity (Wildman–Crippen MR) is 133 cm³/mol. The summed E-state index contributed by atoms with van der Waals surface area (Å²) in [5.41, 5.74) is 5.71. The van der Waals surface area contributed by atoms with E-state index in [1.807, 2.05) is 18.2 Å². The third kappa shape index (κ3) is 4.65. The molecule has 0 fully saturated rings. The fourth-order valence-corrected chi connectivity index (χ4v) is 4.74. The van der Waals surface area contributed by atoms with E-state index in [1.165, 1.54) is 35.4 Å². The molecule has 0 saturated heterocycles. The first-order valence-corrected chi connectivity index (χ1v) is 11.1. The van der Waals surface area contributed by atoms with Crippen LogP contribution >= 0.6 is 12.4 Å². The van der Waals surface area contributed by atoms with Crippen LogP contribution in [0.4, 0.5) is 4.39 Å². The number of carbonyl (C=O) groups excluding carboxylic acids is 1. The van der Waals surface area contributed by atoms with E-state index in [2.05, 4.69) is 29.6 Å². The maximum absolute atomic E-state index is 13.2. The quantitative estimate of drug-likeness (QED) is 0.318.